The van der Waals surface area contributed by atoms with Gasteiger partial charge in [0.15, 0.2) is 11.6 Å². The van der Waals surface area contributed by atoms with Gasteiger partial charge in [-0.15, -0.1) is 0 Å². The highest BCUT2D eigenvalue weighted by Crippen LogP contribution is 2.27. The van der Waals surface area contributed by atoms with Gasteiger partial charge in [-0.25, -0.2) is 17.4 Å². The van der Waals surface area contributed by atoms with Gasteiger partial charge in [0.1, 0.15) is 5.56 Å². The maximum atomic E-state index is 12.9. The first kappa shape index (κ1) is 21.3. The number of carbonyl (C=O) groups excluding carboxylic acids is 1. The molecule has 4 aromatic rings. The second-order valence-electron chi connectivity index (χ2n) is 6.60. The SMILES string of the molecule is NC(=O)c1c(Nc2cccc(Cl)c2)n[nH]c1/N=C/c1cccn1S(=O)(=O)c1ccccc1. The van der Waals surface area contributed by atoms with E-state index in [1.807, 2.05) is 0 Å². The number of aromatic amines is 1. The van der Waals surface area contributed by atoms with Crippen molar-refractivity contribution in [2.24, 2.45) is 10.7 Å². The Morgan fingerprint density at radius 2 is 1.91 bits per heavy atom. The summed E-state index contributed by atoms with van der Waals surface area (Å²) in [6.45, 7) is 0. The number of nitrogens with zero attached hydrogens (tertiary/aromatic N) is 3. The first-order valence-corrected chi connectivity index (χ1v) is 11.1. The van der Waals surface area contributed by atoms with Crippen molar-refractivity contribution in [2.45, 2.75) is 4.90 Å². The fourth-order valence-corrected chi connectivity index (χ4v) is 4.52. The van der Waals surface area contributed by atoms with Crippen LogP contribution >= 0.6 is 11.6 Å². The Kier molecular flexibility index (Phi) is 5.80. The van der Waals surface area contributed by atoms with Crippen LogP contribution in [0.1, 0.15) is 16.1 Å². The maximum Gasteiger partial charge on any atom is 0.268 e. The topological polar surface area (TPSA) is 135 Å². The zero-order chi connectivity index (χ0) is 22.7. The highest BCUT2D eigenvalue weighted by Gasteiger charge is 2.20. The van der Waals surface area contributed by atoms with Crippen molar-refractivity contribution in [1.82, 2.24) is 14.2 Å². The number of primary amides is 1. The predicted octanol–water partition coefficient (Wildman–Crippen LogP) is 3.69. The van der Waals surface area contributed by atoms with E-state index in [9.17, 15) is 13.2 Å². The number of rotatable bonds is 7. The number of anilines is 2. The van der Waals surface area contributed by atoms with Crippen LogP contribution in [0.4, 0.5) is 17.3 Å². The summed E-state index contributed by atoms with van der Waals surface area (Å²) >= 11 is 5.99. The molecule has 9 nitrogen and oxygen atoms in total. The molecule has 4 rings (SSSR count). The second-order valence-corrected chi connectivity index (χ2v) is 8.85. The number of aromatic nitrogens is 3. The van der Waals surface area contributed by atoms with Crippen LogP contribution < -0.4 is 11.1 Å². The Hall–Kier alpha value is -3.89. The van der Waals surface area contributed by atoms with Crippen LogP contribution in [0, 0.1) is 0 Å². The lowest BCUT2D eigenvalue weighted by atomic mass is 10.2. The minimum absolute atomic E-state index is 0.0187. The number of aliphatic imine (C=N–C) groups is 1. The summed E-state index contributed by atoms with van der Waals surface area (Å²) in [5.41, 5.74) is 6.43. The average molecular weight is 469 g/mol. The van der Waals surface area contributed by atoms with Crippen molar-refractivity contribution in [3.63, 3.8) is 0 Å². The van der Waals surface area contributed by atoms with Crippen LogP contribution in [0.3, 0.4) is 0 Å². The van der Waals surface area contributed by atoms with Crippen LogP contribution in [-0.4, -0.2) is 34.7 Å². The Balaban J connectivity index is 1.66. The number of carbonyl (C=O) groups is 1. The van der Waals surface area contributed by atoms with Gasteiger partial charge in [-0.1, -0.05) is 35.9 Å². The first-order chi connectivity index (χ1) is 15.4. The second kappa shape index (κ2) is 8.69. The van der Waals surface area contributed by atoms with E-state index < -0.39 is 15.9 Å². The Morgan fingerprint density at radius 3 is 2.62 bits per heavy atom. The van der Waals surface area contributed by atoms with E-state index in [4.69, 9.17) is 17.3 Å². The van der Waals surface area contributed by atoms with Crippen molar-refractivity contribution in [1.29, 1.82) is 0 Å². The third kappa shape index (κ3) is 4.27. The molecule has 2 aromatic heterocycles. The summed E-state index contributed by atoms with van der Waals surface area (Å²) in [6, 6.07) is 18.0. The summed E-state index contributed by atoms with van der Waals surface area (Å²) in [4.78, 5) is 16.4. The number of H-pyrrole nitrogens is 1. The van der Waals surface area contributed by atoms with Gasteiger partial charge in [0.25, 0.3) is 15.9 Å². The minimum Gasteiger partial charge on any atom is -0.365 e. The van der Waals surface area contributed by atoms with Gasteiger partial charge in [-0.3, -0.25) is 9.89 Å². The molecule has 0 fully saturated rings. The Bertz CT molecular complexity index is 1410. The smallest absolute Gasteiger partial charge is 0.268 e. The number of benzene rings is 2. The fourth-order valence-electron chi connectivity index (χ4n) is 2.99. The van der Waals surface area contributed by atoms with Crippen LogP contribution in [-0.2, 0) is 10.0 Å². The van der Waals surface area contributed by atoms with E-state index in [-0.39, 0.29) is 27.8 Å². The molecule has 0 spiro atoms. The fraction of sp³-hybridized carbons (Fsp3) is 0. The predicted molar refractivity (Wildman–Crippen MR) is 123 cm³/mol. The zero-order valence-electron chi connectivity index (χ0n) is 16.4. The van der Waals surface area contributed by atoms with Crippen LogP contribution in [0.2, 0.25) is 5.02 Å². The molecule has 2 aromatic carbocycles. The van der Waals surface area contributed by atoms with Gasteiger partial charge in [0.05, 0.1) is 16.8 Å². The number of hydrogen-bond acceptors (Lipinski definition) is 6. The molecule has 2 heterocycles. The van der Waals surface area contributed by atoms with Crippen molar-refractivity contribution in [2.75, 3.05) is 5.32 Å². The number of nitrogens with two attached hydrogens (primary N) is 1. The third-order valence-electron chi connectivity index (χ3n) is 4.45. The summed E-state index contributed by atoms with van der Waals surface area (Å²) < 4.78 is 26.9. The molecule has 0 unspecified atom stereocenters. The average Bonchev–Trinajstić information content (AvgIpc) is 3.40. The molecule has 0 radical (unpaired) electrons. The van der Waals surface area contributed by atoms with Crippen LogP contribution in [0.15, 0.2) is 82.8 Å². The normalized spacial score (nSPS) is 11.7. The number of hydrogen-bond donors (Lipinski definition) is 3. The molecule has 32 heavy (non-hydrogen) atoms. The highest BCUT2D eigenvalue weighted by atomic mass is 35.5. The minimum atomic E-state index is -3.81. The summed E-state index contributed by atoms with van der Waals surface area (Å²) in [5, 5.41) is 10.2. The molecular formula is C21H17ClN6O3S. The van der Waals surface area contributed by atoms with E-state index in [1.165, 1.54) is 24.5 Å². The standard InChI is InChI=1S/C21H17ClN6O3S/c22-14-6-4-7-15(12-14)25-21-18(19(23)29)20(26-27-21)24-13-16-8-5-11-28(16)32(30,31)17-9-2-1-3-10-17/h1-13H,(H2,23,29)(H2,25,26,27)/b24-13+. The van der Waals surface area contributed by atoms with Crippen molar-refractivity contribution < 1.29 is 13.2 Å². The molecule has 0 aliphatic heterocycles. The molecule has 0 aliphatic carbocycles. The van der Waals surface area contributed by atoms with Crippen molar-refractivity contribution >= 4 is 51.1 Å². The third-order valence-corrected chi connectivity index (χ3v) is 6.40. The molecule has 0 bridgehead atoms. The zero-order valence-corrected chi connectivity index (χ0v) is 18.0. The maximum absolute atomic E-state index is 12.9. The van der Waals surface area contributed by atoms with Crippen molar-refractivity contribution in [3.8, 4) is 0 Å². The monoisotopic (exact) mass is 468 g/mol. The highest BCUT2D eigenvalue weighted by molar-refractivity contribution is 7.90. The van der Waals surface area contributed by atoms with Crippen LogP contribution in [0.5, 0.6) is 0 Å². The van der Waals surface area contributed by atoms with Gasteiger partial charge in [-0.05, 0) is 42.5 Å². The van der Waals surface area contributed by atoms with Gasteiger partial charge < -0.3 is 11.1 Å². The summed E-state index contributed by atoms with van der Waals surface area (Å²) in [7, 11) is -3.81. The quantitative estimate of drug-likeness (QED) is 0.355. The lowest BCUT2D eigenvalue weighted by molar-refractivity contribution is 0.100. The van der Waals surface area contributed by atoms with Gasteiger partial charge in [0.2, 0.25) is 0 Å². The number of nitrogens with one attached hydrogen (secondary N) is 2. The molecule has 162 valence electrons. The van der Waals surface area contributed by atoms with E-state index in [0.717, 1.165) is 3.97 Å². The first-order valence-electron chi connectivity index (χ1n) is 9.29. The van der Waals surface area contributed by atoms with E-state index in [2.05, 4.69) is 20.5 Å². The van der Waals surface area contributed by atoms with E-state index in [1.54, 1.807) is 54.6 Å². The molecular weight excluding hydrogens is 452 g/mol. The summed E-state index contributed by atoms with van der Waals surface area (Å²) in [6.07, 6.45) is 2.72. The lowest BCUT2D eigenvalue weighted by Gasteiger charge is -2.08. The van der Waals surface area contributed by atoms with E-state index in [0.29, 0.717) is 10.7 Å². The van der Waals surface area contributed by atoms with Gasteiger partial charge in [0, 0.05) is 16.9 Å². The molecule has 0 saturated carbocycles. The largest absolute Gasteiger partial charge is 0.365 e. The molecule has 4 N–H and O–H groups in total. The molecule has 0 atom stereocenters. The Labute approximate surface area is 188 Å². The van der Waals surface area contributed by atoms with Gasteiger partial charge in [-0.2, -0.15) is 5.10 Å². The summed E-state index contributed by atoms with van der Waals surface area (Å²) in [5.74, 6) is -0.520. The van der Waals surface area contributed by atoms with E-state index >= 15 is 0 Å². The Morgan fingerprint density at radius 1 is 1.12 bits per heavy atom. The molecule has 1 amide bonds. The lowest BCUT2D eigenvalue weighted by Crippen LogP contribution is -2.14. The van der Waals surface area contributed by atoms with Crippen molar-refractivity contribution in [3.05, 3.63) is 89.2 Å². The number of halogens is 1. The molecule has 11 heteroatoms. The number of amides is 1. The van der Waals surface area contributed by atoms with Crippen LogP contribution in [0.25, 0.3) is 0 Å². The van der Waals surface area contributed by atoms with Gasteiger partial charge >= 0.3 is 0 Å². The molecule has 0 aliphatic rings. The molecule has 0 saturated heterocycles.